The van der Waals surface area contributed by atoms with Gasteiger partial charge in [-0.1, -0.05) is 5.16 Å². The first-order valence-corrected chi connectivity index (χ1v) is 10.5. The Morgan fingerprint density at radius 2 is 1.97 bits per heavy atom. The zero-order chi connectivity index (χ0) is 21.1. The van der Waals surface area contributed by atoms with E-state index in [-0.39, 0.29) is 11.7 Å². The van der Waals surface area contributed by atoms with Crippen LogP contribution in [-0.2, 0) is 13.0 Å². The lowest BCUT2D eigenvalue weighted by atomic mass is 9.92. The van der Waals surface area contributed by atoms with E-state index in [0.29, 0.717) is 28.8 Å². The number of nitrogens with zero attached hydrogens (tertiary/aromatic N) is 5. The van der Waals surface area contributed by atoms with E-state index in [0.717, 1.165) is 51.0 Å². The maximum Gasteiger partial charge on any atom is 0.257 e. The molecule has 0 atom stereocenters. The first kappa shape index (κ1) is 20.3. The van der Waals surface area contributed by atoms with E-state index in [2.05, 4.69) is 15.2 Å². The summed E-state index contributed by atoms with van der Waals surface area (Å²) in [6, 6.07) is 6.02. The lowest BCUT2D eigenvalue weighted by Gasteiger charge is -2.31. The van der Waals surface area contributed by atoms with Crippen molar-refractivity contribution in [2.45, 2.75) is 46.1 Å². The van der Waals surface area contributed by atoms with Crippen LogP contribution in [0, 0.1) is 18.7 Å². The van der Waals surface area contributed by atoms with Crippen molar-refractivity contribution in [3.05, 3.63) is 53.4 Å². The molecule has 8 heteroatoms. The number of hydrogen-bond donors (Lipinski definition) is 0. The van der Waals surface area contributed by atoms with Gasteiger partial charge < -0.3 is 9.42 Å². The highest BCUT2D eigenvalue weighted by atomic mass is 19.1. The molecule has 158 valence electrons. The first-order valence-electron chi connectivity index (χ1n) is 10.5. The molecule has 1 aliphatic rings. The zero-order valence-corrected chi connectivity index (χ0v) is 17.3. The Morgan fingerprint density at radius 1 is 1.23 bits per heavy atom. The molecule has 1 aromatic carbocycles. The smallest absolute Gasteiger partial charge is 0.257 e. The van der Waals surface area contributed by atoms with Gasteiger partial charge in [0.15, 0.2) is 5.82 Å². The molecule has 1 amide bonds. The minimum Gasteiger partial charge on any atom is -0.339 e. The van der Waals surface area contributed by atoms with Gasteiger partial charge in [-0.15, -0.1) is 0 Å². The maximum absolute atomic E-state index is 13.0. The number of carbonyl (C=O) groups is 1. The number of rotatable bonds is 6. The van der Waals surface area contributed by atoms with Crippen molar-refractivity contribution in [2.75, 3.05) is 13.1 Å². The molecule has 3 aromatic rings. The molecular formula is C22H26FN5O2. The lowest BCUT2D eigenvalue weighted by molar-refractivity contribution is 0.0685. The van der Waals surface area contributed by atoms with Crippen LogP contribution in [0.5, 0.6) is 0 Å². The third kappa shape index (κ3) is 4.27. The zero-order valence-electron chi connectivity index (χ0n) is 17.3. The fourth-order valence-corrected chi connectivity index (χ4v) is 3.97. The molecule has 3 heterocycles. The number of hydrogen-bond acceptors (Lipinski definition) is 5. The van der Waals surface area contributed by atoms with Crippen molar-refractivity contribution in [3.63, 3.8) is 0 Å². The highest BCUT2D eigenvalue weighted by Crippen LogP contribution is 2.24. The van der Waals surface area contributed by atoms with Crippen LogP contribution in [0.4, 0.5) is 4.39 Å². The summed E-state index contributed by atoms with van der Waals surface area (Å²) in [7, 11) is 0. The number of amides is 1. The lowest BCUT2D eigenvalue weighted by Crippen LogP contribution is -2.38. The Labute approximate surface area is 174 Å². The van der Waals surface area contributed by atoms with Gasteiger partial charge in [0.05, 0.1) is 11.8 Å². The normalized spacial score (nSPS) is 15.0. The number of halogens is 1. The second-order valence-corrected chi connectivity index (χ2v) is 7.76. The van der Waals surface area contributed by atoms with Crippen molar-refractivity contribution in [1.82, 2.24) is 24.8 Å². The summed E-state index contributed by atoms with van der Waals surface area (Å²) in [5.41, 5.74) is 2.35. The predicted octanol–water partition coefficient (Wildman–Crippen LogP) is 3.89. The number of piperidine rings is 1. The van der Waals surface area contributed by atoms with Crippen molar-refractivity contribution in [3.8, 4) is 11.5 Å². The molecule has 1 fully saturated rings. The van der Waals surface area contributed by atoms with Crippen LogP contribution in [0.15, 0.2) is 35.0 Å². The van der Waals surface area contributed by atoms with Crippen LogP contribution >= 0.6 is 0 Å². The quantitative estimate of drug-likeness (QED) is 0.615. The van der Waals surface area contributed by atoms with Gasteiger partial charge in [0.25, 0.3) is 11.8 Å². The van der Waals surface area contributed by atoms with Gasteiger partial charge in [-0.05, 0) is 63.3 Å². The van der Waals surface area contributed by atoms with E-state index in [1.54, 1.807) is 18.3 Å². The molecule has 7 nitrogen and oxygen atoms in total. The van der Waals surface area contributed by atoms with Crippen LogP contribution < -0.4 is 0 Å². The molecule has 0 saturated carbocycles. The summed E-state index contributed by atoms with van der Waals surface area (Å²) in [6.45, 7) is 6.24. The maximum atomic E-state index is 13.0. The van der Waals surface area contributed by atoms with Crippen molar-refractivity contribution in [1.29, 1.82) is 0 Å². The molecule has 0 bridgehead atoms. The van der Waals surface area contributed by atoms with Gasteiger partial charge >= 0.3 is 0 Å². The van der Waals surface area contributed by atoms with Gasteiger partial charge in [0.1, 0.15) is 5.82 Å². The van der Waals surface area contributed by atoms with Gasteiger partial charge in [0, 0.05) is 37.3 Å². The van der Waals surface area contributed by atoms with Gasteiger partial charge in [0.2, 0.25) is 0 Å². The van der Waals surface area contributed by atoms with Crippen LogP contribution in [0.1, 0.15) is 48.1 Å². The second-order valence-electron chi connectivity index (χ2n) is 7.76. The summed E-state index contributed by atoms with van der Waals surface area (Å²) < 4.78 is 20.2. The van der Waals surface area contributed by atoms with Gasteiger partial charge in [-0.25, -0.2) is 4.39 Å². The molecule has 2 aromatic heterocycles. The van der Waals surface area contributed by atoms with E-state index in [9.17, 15) is 9.18 Å². The Hall–Kier alpha value is -3.03. The first-order chi connectivity index (χ1) is 14.5. The summed E-state index contributed by atoms with van der Waals surface area (Å²) in [5.74, 6) is 1.38. The average Bonchev–Trinajstić information content (AvgIpc) is 3.39. The Bertz CT molecular complexity index is 1000. The second kappa shape index (κ2) is 8.77. The molecule has 4 rings (SSSR count). The van der Waals surface area contributed by atoms with E-state index in [1.807, 2.05) is 23.4 Å². The Morgan fingerprint density at radius 3 is 2.63 bits per heavy atom. The van der Waals surface area contributed by atoms with E-state index in [4.69, 9.17) is 4.52 Å². The third-order valence-corrected chi connectivity index (χ3v) is 5.87. The number of benzene rings is 1. The predicted molar refractivity (Wildman–Crippen MR) is 109 cm³/mol. The molecule has 1 aliphatic heterocycles. The average molecular weight is 411 g/mol. The summed E-state index contributed by atoms with van der Waals surface area (Å²) in [4.78, 5) is 19.2. The largest absolute Gasteiger partial charge is 0.339 e. The van der Waals surface area contributed by atoms with Crippen LogP contribution in [0.2, 0.25) is 0 Å². The van der Waals surface area contributed by atoms with Crippen molar-refractivity contribution in [2.24, 2.45) is 5.92 Å². The minimum atomic E-state index is -0.294. The number of carbonyl (C=O) groups excluding carboxylic acids is 1. The van der Waals surface area contributed by atoms with Crippen molar-refractivity contribution < 1.29 is 13.7 Å². The summed E-state index contributed by atoms with van der Waals surface area (Å²) in [5, 5.41) is 8.33. The fraction of sp³-hybridized carbons (Fsp3) is 0.455. The van der Waals surface area contributed by atoms with Crippen LogP contribution in [0.3, 0.4) is 0 Å². The molecule has 0 spiro atoms. The van der Waals surface area contributed by atoms with E-state index >= 15 is 0 Å². The Balaban J connectivity index is 1.27. The molecule has 0 unspecified atom stereocenters. The number of aromatic nitrogens is 4. The molecule has 0 radical (unpaired) electrons. The SMILES string of the molecule is CCn1ncc(C(=O)N2CCC(CCc3noc(-c4ccc(F)cc4)n3)CC2)c1C. The monoisotopic (exact) mass is 411 g/mol. The standard InChI is InChI=1S/C22H26FN5O2/c1-3-28-15(2)19(14-24-28)22(29)27-12-10-16(11-13-27)4-9-20-25-21(30-26-20)17-5-7-18(23)8-6-17/h5-8,14,16H,3-4,9-13H2,1-2H3. The number of likely N-dealkylation sites (tertiary alicyclic amines) is 1. The Kier molecular flexibility index (Phi) is 5.92. The van der Waals surface area contributed by atoms with Gasteiger partial charge in [-0.3, -0.25) is 9.48 Å². The highest BCUT2D eigenvalue weighted by molar-refractivity contribution is 5.95. The molecule has 0 N–H and O–H groups in total. The van der Waals surface area contributed by atoms with Gasteiger partial charge in [-0.2, -0.15) is 10.1 Å². The summed E-state index contributed by atoms with van der Waals surface area (Å²) in [6.07, 6.45) is 5.30. The van der Waals surface area contributed by atoms with Crippen molar-refractivity contribution >= 4 is 5.91 Å². The van der Waals surface area contributed by atoms with Crippen LogP contribution in [-0.4, -0.2) is 43.8 Å². The van der Waals surface area contributed by atoms with Crippen LogP contribution in [0.25, 0.3) is 11.5 Å². The topological polar surface area (TPSA) is 77.0 Å². The fourth-order valence-electron chi connectivity index (χ4n) is 3.97. The molecule has 1 saturated heterocycles. The molecule has 0 aliphatic carbocycles. The highest BCUT2D eigenvalue weighted by Gasteiger charge is 2.26. The van der Waals surface area contributed by atoms with E-state index in [1.165, 1.54) is 12.1 Å². The van der Waals surface area contributed by atoms with E-state index < -0.39 is 0 Å². The third-order valence-electron chi connectivity index (χ3n) is 5.87. The summed E-state index contributed by atoms with van der Waals surface area (Å²) >= 11 is 0. The molecular weight excluding hydrogens is 385 g/mol. The number of aryl methyl sites for hydroxylation is 2. The molecule has 30 heavy (non-hydrogen) atoms. The minimum absolute atomic E-state index is 0.0766.